The summed E-state index contributed by atoms with van der Waals surface area (Å²) in [6.45, 7) is 0. The Morgan fingerprint density at radius 2 is 1.51 bits per heavy atom. The van der Waals surface area contributed by atoms with E-state index in [9.17, 15) is 4.79 Å². The second-order valence-electron chi connectivity index (χ2n) is 11.1. The zero-order valence-corrected chi connectivity index (χ0v) is 20.2. The largest absolute Gasteiger partial charge is 0.497 e. The normalized spacial score (nSPS) is 28.8. The van der Waals surface area contributed by atoms with E-state index in [2.05, 4.69) is 29.6 Å². The highest BCUT2D eigenvalue weighted by molar-refractivity contribution is 5.84. The summed E-state index contributed by atoms with van der Waals surface area (Å²) in [5.41, 5.74) is 2.21. The van der Waals surface area contributed by atoms with Gasteiger partial charge in [0.1, 0.15) is 11.6 Å². The lowest BCUT2D eigenvalue weighted by molar-refractivity contribution is -0.149. The van der Waals surface area contributed by atoms with Gasteiger partial charge in [-0.05, 0) is 78.5 Å². The molecular weight excluding hydrogens is 437 g/mol. The van der Waals surface area contributed by atoms with Crippen LogP contribution in [0.5, 0.6) is 5.75 Å². The van der Waals surface area contributed by atoms with Crippen molar-refractivity contribution < 1.29 is 13.9 Å². The van der Waals surface area contributed by atoms with Crippen LogP contribution in [0.2, 0.25) is 0 Å². The van der Waals surface area contributed by atoms with E-state index in [0.717, 1.165) is 55.2 Å². The standard InChI is InChI=1S/C31H32FNO2/c1-35-25-12-13-26(27(32)15-25)30-16-21-14-22(17-30)19-31(18-21,20-30)29(34)33-28(23-8-4-2-5-9-23)24-10-6-3-7-11-24/h2-13,15,21-22,28H,14,16-20H2,1H3,(H,33,34). The molecule has 1 amide bonds. The molecule has 4 saturated carbocycles. The van der Waals surface area contributed by atoms with Crippen molar-refractivity contribution in [2.24, 2.45) is 17.3 Å². The molecule has 0 spiro atoms. The van der Waals surface area contributed by atoms with Crippen LogP contribution in [0.15, 0.2) is 78.9 Å². The van der Waals surface area contributed by atoms with E-state index >= 15 is 4.39 Å². The Morgan fingerprint density at radius 1 is 0.914 bits per heavy atom. The van der Waals surface area contributed by atoms with Gasteiger partial charge in [0.15, 0.2) is 0 Å². The van der Waals surface area contributed by atoms with Crippen molar-refractivity contribution in [2.75, 3.05) is 7.11 Å². The maximum Gasteiger partial charge on any atom is 0.227 e. The molecule has 3 aromatic carbocycles. The van der Waals surface area contributed by atoms with Crippen LogP contribution in [0, 0.1) is 23.1 Å². The topological polar surface area (TPSA) is 38.3 Å². The Kier molecular flexibility index (Phi) is 5.43. The van der Waals surface area contributed by atoms with Gasteiger partial charge in [-0.2, -0.15) is 0 Å². The van der Waals surface area contributed by atoms with Crippen molar-refractivity contribution in [2.45, 2.75) is 50.0 Å². The molecule has 0 aliphatic heterocycles. The first-order chi connectivity index (χ1) is 17.0. The van der Waals surface area contributed by atoms with E-state index in [-0.39, 0.29) is 23.2 Å². The number of ether oxygens (including phenoxy) is 1. The summed E-state index contributed by atoms with van der Waals surface area (Å²) in [6, 6.07) is 25.4. The quantitative estimate of drug-likeness (QED) is 0.443. The molecule has 2 unspecified atom stereocenters. The van der Waals surface area contributed by atoms with Crippen molar-refractivity contribution in [1.82, 2.24) is 5.32 Å². The zero-order chi connectivity index (χ0) is 24.0. The Balaban J connectivity index is 1.35. The molecule has 4 heteroatoms. The van der Waals surface area contributed by atoms with Crippen LogP contribution in [-0.2, 0) is 10.2 Å². The summed E-state index contributed by atoms with van der Waals surface area (Å²) in [6.07, 6.45) is 5.65. The van der Waals surface area contributed by atoms with Gasteiger partial charge in [0.25, 0.3) is 0 Å². The molecule has 0 saturated heterocycles. The molecule has 4 bridgehead atoms. The van der Waals surface area contributed by atoms with Gasteiger partial charge in [0, 0.05) is 6.07 Å². The molecule has 4 fully saturated rings. The molecule has 0 heterocycles. The van der Waals surface area contributed by atoms with E-state index in [1.54, 1.807) is 7.11 Å². The van der Waals surface area contributed by atoms with Crippen LogP contribution in [0.4, 0.5) is 4.39 Å². The minimum Gasteiger partial charge on any atom is -0.497 e. The number of carbonyl (C=O) groups is 1. The van der Waals surface area contributed by atoms with E-state index in [0.29, 0.717) is 17.6 Å². The van der Waals surface area contributed by atoms with Crippen LogP contribution < -0.4 is 10.1 Å². The lowest BCUT2D eigenvalue weighted by atomic mass is 9.42. The van der Waals surface area contributed by atoms with E-state index in [1.165, 1.54) is 6.07 Å². The molecule has 4 aliphatic carbocycles. The van der Waals surface area contributed by atoms with E-state index in [1.807, 2.05) is 48.5 Å². The Labute approximate surface area is 206 Å². The number of hydrogen-bond acceptors (Lipinski definition) is 2. The SMILES string of the molecule is COc1ccc(C23CC4CC(CC(C(=O)NC(c5ccccc5)c5ccccc5)(C4)C2)C3)c(F)c1. The summed E-state index contributed by atoms with van der Waals surface area (Å²) in [4.78, 5) is 14.2. The lowest BCUT2D eigenvalue weighted by Gasteiger charge is -2.61. The molecule has 0 radical (unpaired) electrons. The van der Waals surface area contributed by atoms with Crippen molar-refractivity contribution in [3.05, 3.63) is 101 Å². The van der Waals surface area contributed by atoms with Gasteiger partial charge in [-0.1, -0.05) is 66.7 Å². The first-order valence-corrected chi connectivity index (χ1v) is 12.8. The minimum absolute atomic E-state index is 0.127. The number of nitrogens with one attached hydrogen (secondary N) is 1. The third-order valence-electron chi connectivity index (χ3n) is 8.83. The van der Waals surface area contributed by atoms with Crippen LogP contribution >= 0.6 is 0 Å². The molecule has 1 N–H and O–H groups in total. The highest BCUT2D eigenvalue weighted by atomic mass is 19.1. The zero-order valence-electron chi connectivity index (χ0n) is 20.2. The fourth-order valence-corrected chi connectivity index (χ4v) is 7.83. The first-order valence-electron chi connectivity index (χ1n) is 12.8. The number of methoxy groups -OCH3 is 1. The molecule has 35 heavy (non-hydrogen) atoms. The second kappa shape index (κ2) is 8.51. The molecule has 3 aromatic rings. The average Bonchev–Trinajstić information content (AvgIpc) is 2.87. The highest BCUT2D eigenvalue weighted by Crippen LogP contribution is 2.66. The Bertz CT molecular complexity index is 1170. The van der Waals surface area contributed by atoms with Gasteiger partial charge >= 0.3 is 0 Å². The number of amides is 1. The summed E-state index contributed by atoms with van der Waals surface area (Å²) >= 11 is 0. The van der Waals surface area contributed by atoms with Crippen molar-refractivity contribution in [1.29, 1.82) is 0 Å². The maximum absolute atomic E-state index is 15.3. The van der Waals surface area contributed by atoms with Gasteiger partial charge in [0.05, 0.1) is 18.6 Å². The molecule has 180 valence electrons. The summed E-state index contributed by atoms with van der Waals surface area (Å²) < 4.78 is 20.6. The maximum atomic E-state index is 15.3. The first kappa shape index (κ1) is 22.3. The predicted octanol–water partition coefficient (Wildman–Crippen LogP) is 6.58. The molecule has 2 atom stereocenters. The average molecular weight is 470 g/mol. The van der Waals surface area contributed by atoms with Crippen molar-refractivity contribution >= 4 is 5.91 Å². The number of halogens is 1. The molecular formula is C31H32FNO2. The number of benzene rings is 3. The summed E-state index contributed by atoms with van der Waals surface area (Å²) in [5.74, 6) is 1.40. The number of hydrogen-bond donors (Lipinski definition) is 1. The summed E-state index contributed by atoms with van der Waals surface area (Å²) in [7, 11) is 1.56. The monoisotopic (exact) mass is 469 g/mol. The third-order valence-corrected chi connectivity index (χ3v) is 8.83. The summed E-state index contributed by atoms with van der Waals surface area (Å²) in [5, 5.41) is 3.46. The number of carbonyl (C=O) groups excluding carboxylic acids is 1. The molecule has 4 aliphatic rings. The lowest BCUT2D eigenvalue weighted by Crippen LogP contribution is -2.59. The van der Waals surface area contributed by atoms with Gasteiger partial charge in [0.2, 0.25) is 5.91 Å². The van der Waals surface area contributed by atoms with E-state index in [4.69, 9.17) is 4.74 Å². The highest BCUT2D eigenvalue weighted by Gasteiger charge is 2.61. The van der Waals surface area contributed by atoms with Crippen LogP contribution in [0.1, 0.15) is 61.3 Å². The van der Waals surface area contributed by atoms with Gasteiger partial charge in [-0.25, -0.2) is 4.39 Å². The fraction of sp³-hybridized carbons (Fsp3) is 0.387. The second-order valence-corrected chi connectivity index (χ2v) is 11.1. The van der Waals surface area contributed by atoms with Crippen LogP contribution in [0.3, 0.4) is 0 Å². The Hall–Kier alpha value is -3.14. The van der Waals surface area contributed by atoms with Crippen molar-refractivity contribution in [3.63, 3.8) is 0 Å². The molecule has 3 nitrogen and oxygen atoms in total. The number of rotatable bonds is 6. The van der Waals surface area contributed by atoms with Gasteiger partial charge in [-0.3, -0.25) is 4.79 Å². The smallest absolute Gasteiger partial charge is 0.227 e. The van der Waals surface area contributed by atoms with Gasteiger partial charge < -0.3 is 10.1 Å². The molecule has 0 aromatic heterocycles. The fourth-order valence-electron chi connectivity index (χ4n) is 7.83. The Morgan fingerprint density at radius 3 is 2.06 bits per heavy atom. The minimum atomic E-state index is -0.446. The van der Waals surface area contributed by atoms with Crippen LogP contribution in [0.25, 0.3) is 0 Å². The van der Waals surface area contributed by atoms with E-state index < -0.39 is 5.41 Å². The third kappa shape index (κ3) is 3.84. The molecule has 7 rings (SSSR count). The van der Waals surface area contributed by atoms with Crippen LogP contribution in [-0.4, -0.2) is 13.0 Å². The predicted molar refractivity (Wildman–Crippen MR) is 135 cm³/mol. The van der Waals surface area contributed by atoms with Crippen molar-refractivity contribution in [3.8, 4) is 5.75 Å². The van der Waals surface area contributed by atoms with Gasteiger partial charge in [-0.15, -0.1) is 0 Å².